The first-order valence-electron chi connectivity index (χ1n) is 10.6. The van der Waals surface area contributed by atoms with Crippen LogP contribution in [0.4, 0.5) is 4.39 Å². The van der Waals surface area contributed by atoms with Crippen LogP contribution in [0.5, 0.6) is 0 Å². The van der Waals surface area contributed by atoms with Crippen LogP contribution in [0.2, 0.25) is 6.32 Å². The Morgan fingerprint density at radius 2 is 2.07 bits per heavy atom. The molecule has 30 heavy (non-hydrogen) atoms. The van der Waals surface area contributed by atoms with Crippen LogP contribution >= 0.6 is 0 Å². The summed E-state index contributed by atoms with van der Waals surface area (Å²) in [6.07, 6.45) is 4.01. The van der Waals surface area contributed by atoms with Gasteiger partial charge < -0.3 is 26.2 Å². The molecule has 0 saturated heterocycles. The van der Waals surface area contributed by atoms with E-state index in [0.29, 0.717) is 36.0 Å². The molecule has 0 heterocycles. The Balaban J connectivity index is 1.85. The predicted molar refractivity (Wildman–Crippen MR) is 110 cm³/mol. The maximum Gasteiger partial charge on any atom is 0.451 e. The second kappa shape index (κ2) is 9.04. The summed E-state index contributed by atoms with van der Waals surface area (Å²) in [5, 5.41) is 30.7. The molecule has 6 N–H and O–H groups in total. The van der Waals surface area contributed by atoms with Crippen molar-refractivity contribution < 1.29 is 29.1 Å². The van der Waals surface area contributed by atoms with Crippen LogP contribution in [-0.2, 0) is 21.4 Å². The van der Waals surface area contributed by atoms with Gasteiger partial charge in [-0.25, -0.2) is 4.39 Å². The second-order valence-electron chi connectivity index (χ2n) is 8.86. The molecule has 3 atom stereocenters. The highest BCUT2D eigenvalue weighted by atomic mass is 19.1. The van der Waals surface area contributed by atoms with Crippen LogP contribution in [0.3, 0.4) is 0 Å². The number of aliphatic carboxylic acids is 1. The summed E-state index contributed by atoms with van der Waals surface area (Å²) in [6.45, 7) is 1.87. The van der Waals surface area contributed by atoms with Crippen molar-refractivity contribution in [1.82, 2.24) is 5.32 Å². The third kappa shape index (κ3) is 4.53. The van der Waals surface area contributed by atoms with Gasteiger partial charge in [0.05, 0.1) is 12.0 Å². The number of hydrogen-bond donors (Lipinski definition) is 5. The molecule has 0 spiro atoms. The van der Waals surface area contributed by atoms with E-state index in [1.54, 1.807) is 13.0 Å². The van der Waals surface area contributed by atoms with Crippen LogP contribution in [0.1, 0.15) is 61.6 Å². The molecule has 0 aliphatic heterocycles. The molecule has 2 aliphatic carbocycles. The number of benzene rings is 1. The van der Waals surface area contributed by atoms with Crippen molar-refractivity contribution >= 4 is 19.0 Å². The molecule has 0 radical (unpaired) electrons. The van der Waals surface area contributed by atoms with Gasteiger partial charge in [-0.05, 0) is 67.6 Å². The monoisotopic (exact) mass is 420 g/mol. The molecule has 1 fully saturated rings. The summed E-state index contributed by atoms with van der Waals surface area (Å²) in [5.74, 6) is -2.56. The van der Waals surface area contributed by atoms with Crippen LogP contribution in [0, 0.1) is 11.7 Å². The summed E-state index contributed by atoms with van der Waals surface area (Å²) in [6, 6.07) is 2.50. The van der Waals surface area contributed by atoms with Gasteiger partial charge in [-0.2, -0.15) is 0 Å². The Morgan fingerprint density at radius 1 is 1.37 bits per heavy atom. The van der Waals surface area contributed by atoms with Crippen LogP contribution < -0.4 is 11.1 Å². The number of nitrogens with two attached hydrogens (primary N) is 1. The fourth-order valence-electron chi connectivity index (χ4n) is 4.89. The van der Waals surface area contributed by atoms with E-state index in [-0.39, 0.29) is 30.5 Å². The number of carbonyl (C=O) groups excluding carboxylic acids is 1. The number of rotatable bonds is 9. The van der Waals surface area contributed by atoms with E-state index in [9.17, 15) is 14.7 Å². The van der Waals surface area contributed by atoms with Gasteiger partial charge in [0.15, 0.2) is 0 Å². The molecule has 7 nitrogen and oxygen atoms in total. The zero-order chi connectivity index (χ0) is 22.1. The third-order valence-electron chi connectivity index (χ3n) is 6.72. The molecule has 1 aromatic carbocycles. The zero-order valence-electron chi connectivity index (χ0n) is 17.2. The average Bonchev–Trinajstić information content (AvgIpc) is 2.97. The molecular weight excluding hydrogens is 390 g/mol. The van der Waals surface area contributed by atoms with E-state index >= 15 is 4.39 Å². The molecule has 1 amide bonds. The van der Waals surface area contributed by atoms with Gasteiger partial charge in [0.2, 0.25) is 5.91 Å². The van der Waals surface area contributed by atoms with E-state index in [0.717, 1.165) is 19.3 Å². The lowest BCUT2D eigenvalue weighted by atomic mass is 9.63. The molecule has 1 aromatic rings. The van der Waals surface area contributed by atoms with Crippen LogP contribution in [-0.4, -0.2) is 46.7 Å². The summed E-state index contributed by atoms with van der Waals surface area (Å²) >= 11 is 0. The van der Waals surface area contributed by atoms with Crippen molar-refractivity contribution in [1.29, 1.82) is 0 Å². The number of halogens is 1. The highest BCUT2D eigenvalue weighted by molar-refractivity contribution is 6.40. The van der Waals surface area contributed by atoms with Gasteiger partial charge in [0.25, 0.3) is 0 Å². The Kier molecular flexibility index (Phi) is 6.84. The maximum absolute atomic E-state index is 15.1. The molecule has 0 bridgehead atoms. The highest BCUT2D eigenvalue weighted by Gasteiger charge is 2.44. The van der Waals surface area contributed by atoms with Crippen molar-refractivity contribution in [2.45, 2.75) is 69.1 Å². The Labute approximate surface area is 176 Å². The van der Waals surface area contributed by atoms with E-state index in [1.165, 1.54) is 6.07 Å². The molecular formula is C21H30BFN2O5. The van der Waals surface area contributed by atoms with E-state index in [1.807, 2.05) is 0 Å². The first-order valence-corrected chi connectivity index (χ1v) is 10.6. The lowest BCUT2D eigenvalue weighted by Gasteiger charge is -2.43. The first-order chi connectivity index (χ1) is 14.1. The standard InChI is InChI=1S/C21H30BFN2O5/c1-12(24)19(26)25-11-21(5-3-6-21)16-10-15-14(9-17(16)23)8-13(18(15)20(27)28)4-2-7-22(29)30/h9-10,12-13,18,29-30H,2-8,11,24H2,1H3,(H,25,26)(H,27,28). The van der Waals surface area contributed by atoms with Gasteiger partial charge in [0.1, 0.15) is 5.82 Å². The van der Waals surface area contributed by atoms with Gasteiger partial charge >= 0.3 is 13.1 Å². The molecule has 3 rings (SSSR count). The summed E-state index contributed by atoms with van der Waals surface area (Å²) in [7, 11) is -1.41. The van der Waals surface area contributed by atoms with Crippen LogP contribution in [0.15, 0.2) is 12.1 Å². The molecule has 164 valence electrons. The minimum absolute atomic E-state index is 0.182. The lowest BCUT2D eigenvalue weighted by molar-refractivity contribution is -0.140. The van der Waals surface area contributed by atoms with Crippen molar-refractivity contribution in [3.8, 4) is 0 Å². The van der Waals surface area contributed by atoms with E-state index in [2.05, 4.69) is 5.32 Å². The molecule has 3 unspecified atom stereocenters. The SMILES string of the molecule is CC(N)C(=O)NCC1(c2cc3c(cc2F)CC(CCCB(O)O)C3C(=O)O)CCC1. The minimum Gasteiger partial charge on any atom is -0.481 e. The Bertz CT molecular complexity index is 813. The maximum atomic E-state index is 15.1. The fourth-order valence-corrected chi connectivity index (χ4v) is 4.89. The third-order valence-corrected chi connectivity index (χ3v) is 6.72. The number of amides is 1. The largest absolute Gasteiger partial charge is 0.481 e. The summed E-state index contributed by atoms with van der Waals surface area (Å²) in [5.41, 5.74) is 6.88. The molecule has 9 heteroatoms. The van der Waals surface area contributed by atoms with Crippen molar-refractivity contribution in [3.05, 3.63) is 34.6 Å². The number of hydrogen-bond acceptors (Lipinski definition) is 5. The number of carboxylic acids is 1. The van der Waals surface area contributed by atoms with E-state index < -0.39 is 30.5 Å². The number of carboxylic acid groups (broad SMARTS) is 1. The zero-order valence-corrected chi connectivity index (χ0v) is 17.2. The van der Waals surface area contributed by atoms with Crippen LogP contribution in [0.25, 0.3) is 0 Å². The fraction of sp³-hybridized carbons (Fsp3) is 0.619. The minimum atomic E-state index is -1.41. The predicted octanol–water partition coefficient (Wildman–Crippen LogP) is 1.30. The Morgan fingerprint density at radius 3 is 2.60 bits per heavy atom. The second-order valence-corrected chi connectivity index (χ2v) is 8.86. The molecule has 2 aliphatic rings. The number of fused-ring (bicyclic) bond motifs is 1. The van der Waals surface area contributed by atoms with Gasteiger partial charge in [0, 0.05) is 12.0 Å². The van der Waals surface area contributed by atoms with Gasteiger partial charge in [-0.3, -0.25) is 9.59 Å². The highest BCUT2D eigenvalue weighted by Crippen LogP contribution is 2.48. The van der Waals surface area contributed by atoms with E-state index in [4.69, 9.17) is 15.8 Å². The van der Waals surface area contributed by atoms with Gasteiger partial charge in [-0.1, -0.05) is 18.9 Å². The topological polar surface area (TPSA) is 133 Å². The van der Waals surface area contributed by atoms with Crippen molar-refractivity contribution in [2.24, 2.45) is 11.7 Å². The Hall–Kier alpha value is -1.97. The summed E-state index contributed by atoms with van der Waals surface area (Å²) in [4.78, 5) is 24.0. The normalized spacial score (nSPS) is 22.7. The quantitative estimate of drug-likeness (QED) is 0.383. The summed E-state index contributed by atoms with van der Waals surface area (Å²) < 4.78 is 15.1. The molecule has 0 aromatic heterocycles. The number of nitrogens with one attached hydrogen (secondary N) is 1. The first kappa shape index (κ1) is 22.7. The lowest BCUT2D eigenvalue weighted by Crippen LogP contribution is -2.49. The molecule has 1 saturated carbocycles. The van der Waals surface area contributed by atoms with Crippen molar-refractivity contribution in [2.75, 3.05) is 6.54 Å². The average molecular weight is 420 g/mol. The van der Waals surface area contributed by atoms with Crippen molar-refractivity contribution in [3.63, 3.8) is 0 Å². The smallest absolute Gasteiger partial charge is 0.451 e. The van der Waals surface area contributed by atoms with Gasteiger partial charge in [-0.15, -0.1) is 0 Å². The number of carbonyl (C=O) groups is 2.